The molecule has 2 heterocycles. The molecule has 3 rings (SSSR count). The second kappa shape index (κ2) is 8.41. The Morgan fingerprint density at radius 3 is 2.78 bits per heavy atom. The van der Waals surface area contributed by atoms with Crippen molar-refractivity contribution < 1.29 is 4.39 Å². The van der Waals surface area contributed by atoms with E-state index in [-0.39, 0.29) is 24.1 Å². The molecule has 2 aromatic rings. The third kappa shape index (κ3) is 4.40. The molecular formula is C20H29FN6. The van der Waals surface area contributed by atoms with E-state index in [0.717, 1.165) is 24.3 Å². The van der Waals surface area contributed by atoms with Crippen LogP contribution < -0.4 is 20.9 Å². The molecule has 0 spiro atoms. The molecule has 2 unspecified atom stereocenters. The highest BCUT2D eigenvalue weighted by Crippen LogP contribution is 2.33. The summed E-state index contributed by atoms with van der Waals surface area (Å²) in [6, 6.07) is 7.26. The molecule has 0 fully saturated rings. The first kappa shape index (κ1) is 19.2. The van der Waals surface area contributed by atoms with Crippen LogP contribution in [-0.2, 0) is 0 Å². The second-order valence-corrected chi connectivity index (χ2v) is 7.30. The second-order valence-electron chi connectivity index (χ2n) is 7.30. The highest BCUT2D eigenvalue weighted by molar-refractivity contribution is 5.70. The number of fused-ring (bicyclic) bond motifs is 1. The summed E-state index contributed by atoms with van der Waals surface area (Å²) in [5, 5.41) is 9.99. The van der Waals surface area contributed by atoms with Crippen molar-refractivity contribution in [3.05, 3.63) is 36.3 Å². The minimum atomic E-state index is -0.253. The van der Waals surface area contributed by atoms with Crippen molar-refractivity contribution in [2.24, 2.45) is 0 Å². The normalized spacial score (nSPS) is 17.3. The Labute approximate surface area is 160 Å². The minimum Gasteiger partial charge on any atom is -0.377 e. The van der Waals surface area contributed by atoms with Gasteiger partial charge < -0.3 is 20.9 Å². The van der Waals surface area contributed by atoms with Crippen molar-refractivity contribution in [2.45, 2.75) is 58.8 Å². The quantitative estimate of drug-likeness (QED) is 0.674. The Kier molecular flexibility index (Phi) is 5.98. The summed E-state index contributed by atoms with van der Waals surface area (Å²) in [7, 11) is 0. The van der Waals surface area contributed by atoms with Gasteiger partial charge in [0, 0.05) is 12.1 Å². The van der Waals surface area contributed by atoms with E-state index in [9.17, 15) is 4.39 Å². The predicted molar refractivity (Wildman–Crippen MR) is 110 cm³/mol. The summed E-state index contributed by atoms with van der Waals surface area (Å²) in [4.78, 5) is 11.4. The third-order valence-electron chi connectivity index (χ3n) is 4.63. The summed E-state index contributed by atoms with van der Waals surface area (Å²) in [6.45, 7) is 9.11. The first-order valence-electron chi connectivity index (χ1n) is 9.66. The number of hydrogen-bond donors (Lipinski definition) is 3. The van der Waals surface area contributed by atoms with E-state index in [2.05, 4.69) is 53.5 Å². The Bertz CT molecular complexity index is 766. The lowest BCUT2D eigenvalue weighted by atomic mass is 10.1. The molecule has 0 amide bonds. The van der Waals surface area contributed by atoms with Crippen LogP contribution in [0.25, 0.3) is 0 Å². The number of nitrogens with one attached hydrogen (secondary N) is 3. The maximum Gasteiger partial charge on any atom is 0.224 e. The molecule has 27 heavy (non-hydrogen) atoms. The molecule has 0 saturated carbocycles. The predicted octanol–water partition coefficient (Wildman–Crippen LogP) is 4.29. The van der Waals surface area contributed by atoms with E-state index < -0.39 is 0 Å². The number of hydrogen-bond acceptors (Lipinski definition) is 6. The van der Waals surface area contributed by atoms with E-state index >= 15 is 0 Å². The molecular weight excluding hydrogens is 343 g/mol. The van der Waals surface area contributed by atoms with Gasteiger partial charge in [-0.25, -0.2) is 9.37 Å². The molecule has 2 atom stereocenters. The number of rotatable bonds is 7. The van der Waals surface area contributed by atoms with Crippen LogP contribution >= 0.6 is 0 Å². The molecule has 0 radical (unpaired) electrons. The van der Waals surface area contributed by atoms with Crippen molar-refractivity contribution in [3.63, 3.8) is 0 Å². The van der Waals surface area contributed by atoms with Crippen molar-refractivity contribution in [1.29, 1.82) is 0 Å². The average Bonchev–Trinajstić information content (AvgIpc) is 2.63. The minimum absolute atomic E-state index is 0.113. The fraction of sp³-hybridized carbons (Fsp3) is 0.500. The summed E-state index contributed by atoms with van der Waals surface area (Å²) >= 11 is 0. The van der Waals surface area contributed by atoms with Gasteiger partial charge in [-0.2, -0.15) is 4.98 Å². The topological polar surface area (TPSA) is 65.1 Å². The molecule has 1 aromatic heterocycles. The zero-order chi connectivity index (χ0) is 19.4. The highest BCUT2D eigenvalue weighted by atomic mass is 19.1. The van der Waals surface area contributed by atoms with Crippen LogP contribution in [0.4, 0.5) is 27.5 Å². The number of anilines is 4. The maximum atomic E-state index is 14.2. The van der Waals surface area contributed by atoms with Crippen molar-refractivity contribution >= 4 is 23.1 Å². The molecule has 6 nitrogen and oxygen atoms in total. The zero-order valence-corrected chi connectivity index (χ0v) is 16.5. The number of para-hydroxylation sites is 1. The van der Waals surface area contributed by atoms with Gasteiger partial charge in [0.15, 0.2) is 5.82 Å². The molecule has 0 saturated heterocycles. The van der Waals surface area contributed by atoms with Crippen molar-refractivity contribution in [1.82, 2.24) is 9.97 Å². The molecule has 0 bridgehead atoms. The van der Waals surface area contributed by atoms with E-state index in [1.54, 1.807) is 12.1 Å². The Balaban J connectivity index is 1.94. The summed E-state index contributed by atoms with van der Waals surface area (Å²) in [6.07, 6.45) is 3.79. The largest absolute Gasteiger partial charge is 0.377 e. The number of halogens is 1. The SMILES string of the molecule is CCCC(C)N1c2nc(NC(C)C)ncc2NCC1Nc1ccccc1F. The van der Waals surface area contributed by atoms with Crippen molar-refractivity contribution in [3.8, 4) is 0 Å². The van der Waals surface area contributed by atoms with Gasteiger partial charge in [-0.1, -0.05) is 25.5 Å². The Morgan fingerprint density at radius 1 is 1.30 bits per heavy atom. The van der Waals surface area contributed by atoms with E-state index in [1.807, 2.05) is 12.3 Å². The fourth-order valence-corrected chi connectivity index (χ4v) is 3.43. The first-order chi connectivity index (χ1) is 13.0. The fourth-order valence-electron chi connectivity index (χ4n) is 3.43. The van der Waals surface area contributed by atoms with E-state index in [1.165, 1.54) is 6.07 Å². The number of nitrogens with zero attached hydrogens (tertiary/aromatic N) is 3. The zero-order valence-electron chi connectivity index (χ0n) is 16.5. The smallest absolute Gasteiger partial charge is 0.224 e. The van der Waals surface area contributed by atoms with Crippen LogP contribution in [0.5, 0.6) is 0 Å². The van der Waals surface area contributed by atoms with Crippen LogP contribution in [0, 0.1) is 5.82 Å². The van der Waals surface area contributed by atoms with Crippen LogP contribution in [0.2, 0.25) is 0 Å². The summed E-state index contributed by atoms with van der Waals surface area (Å²) in [5.41, 5.74) is 1.40. The average molecular weight is 372 g/mol. The van der Waals surface area contributed by atoms with Crippen LogP contribution in [0.3, 0.4) is 0 Å². The van der Waals surface area contributed by atoms with Gasteiger partial charge in [-0.3, -0.25) is 0 Å². The first-order valence-corrected chi connectivity index (χ1v) is 9.66. The molecule has 7 heteroatoms. The lowest BCUT2D eigenvalue weighted by Gasteiger charge is -2.42. The molecule has 1 aliphatic heterocycles. The maximum absolute atomic E-state index is 14.2. The van der Waals surface area contributed by atoms with Gasteiger partial charge in [-0.15, -0.1) is 0 Å². The Morgan fingerprint density at radius 2 is 2.07 bits per heavy atom. The molecule has 1 aromatic carbocycles. The van der Waals surface area contributed by atoms with Crippen LogP contribution in [0.15, 0.2) is 30.5 Å². The van der Waals surface area contributed by atoms with E-state index in [4.69, 9.17) is 4.98 Å². The number of benzene rings is 1. The highest BCUT2D eigenvalue weighted by Gasteiger charge is 2.31. The van der Waals surface area contributed by atoms with Gasteiger partial charge in [0.05, 0.1) is 24.1 Å². The molecule has 1 aliphatic rings. The van der Waals surface area contributed by atoms with Gasteiger partial charge in [0.2, 0.25) is 5.95 Å². The molecule has 3 N–H and O–H groups in total. The van der Waals surface area contributed by atoms with Gasteiger partial charge in [-0.05, 0) is 39.3 Å². The van der Waals surface area contributed by atoms with E-state index in [0.29, 0.717) is 18.2 Å². The molecule has 0 aliphatic carbocycles. The lowest BCUT2D eigenvalue weighted by molar-refractivity contribution is 0.517. The third-order valence-corrected chi connectivity index (χ3v) is 4.63. The summed E-state index contributed by atoms with van der Waals surface area (Å²) < 4.78 is 14.2. The number of aromatic nitrogens is 2. The molecule has 146 valence electrons. The monoisotopic (exact) mass is 372 g/mol. The Hall–Kier alpha value is -2.57. The summed E-state index contributed by atoms with van der Waals surface area (Å²) in [5.74, 6) is 1.19. The van der Waals surface area contributed by atoms with Gasteiger partial charge >= 0.3 is 0 Å². The van der Waals surface area contributed by atoms with Crippen molar-refractivity contribution in [2.75, 3.05) is 27.4 Å². The lowest BCUT2D eigenvalue weighted by Crippen LogP contribution is -2.53. The van der Waals surface area contributed by atoms with Gasteiger partial charge in [0.25, 0.3) is 0 Å². The van der Waals surface area contributed by atoms with Crippen LogP contribution in [0.1, 0.15) is 40.5 Å². The standard InChI is InChI=1S/C20H29FN6/c1-5-8-14(4)27-18(25-16-10-7-6-9-15(16)21)12-22-17-11-23-20(24-13(2)3)26-19(17)27/h6-7,9-11,13-14,18,22,25H,5,8,12H2,1-4H3,(H,23,24,26). The van der Waals surface area contributed by atoms with Gasteiger partial charge in [0.1, 0.15) is 12.0 Å². The van der Waals surface area contributed by atoms with Crippen LogP contribution in [-0.4, -0.2) is 34.8 Å².